The van der Waals surface area contributed by atoms with Crippen molar-refractivity contribution >= 4 is 11.8 Å². The second-order valence-corrected chi connectivity index (χ2v) is 11.2. The van der Waals surface area contributed by atoms with Gasteiger partial charge in [0.1, 0.15) is 0 Å². The zero-order valence-corrected chi connectivity index (χ0v) is 19.7. The lowest BCUT2D eigenvalue weighted by molar-refractivity contribution is -0.167. The van der Waals surface area contributed by atoms with Crippen LogP contribution >= 0.6 is 0 Å². The van der Waals surface area contributed by atoms with E-state index in [1.807, 2.05) is 36.5 Å². The van der Waals surface area contributed by atoms with Crippen LogP contribution in [-0.4, -0.2) is 29.3 Å². The number of carbonyl (C=O) groups excluding carboxylic acids is 2. The summed E-state index contributed by atoms with van der Waals surface area (Å²) in [6, 6.07) is 0. The maximum absolute atomic E-state index is 13.1. The molecule has 6 unspecified atom stereocenters. The number of terminal acetylenes is 1. The Kier molecular flexibility index (Phi) is 4.97. The highest BCUT2D eigenvalue weighted by Gasteiger charge is 2.65. The van der Waals surface area contributed by atoms with Gasteiger partial charge in [0, 0.05) is 31.5 Å². The van der Waals surface area contributed by atoms with Crippen molar-refractivity contribution in [3.05, 3.63) is 35.7 Å². The smallest absolute Gasteiger partial charge is 0.337 e. The highest BCUT2D eigenvalue weighted by atomic mass is 16.6. The largest absolute Gasteiger partial charge is 0.442 e. The van der Waals surface area contributed by atoms with Crippen molar-refractivity contribution in [2.75, 3.05) is 7.05 Å². The summed E-state index contributed by atoms with van der Waals surface area (Å²) < 4.78 is 6.27. The fourth-order valence-corrected chi connectivity index (χ4v) is 8.04. The Labute approximate surface area is 192 Å². The Morgan fingerprint density at radius 2 is 1.94 bits per heavy atom. The van der Waals surface area contributed by atoms with Gasteiger partial charge in [-0.1, -0.05) is 31.4 Å². The number of ketones is 1. The van der Waals surface area contributed by atoms with E-state index in [-0.39, 0.29) is 16.8 Å². The number of esters is 1. The third kappa shape index (κ3) is 2.96. The standard InChI is InChI=1S/C28H35NO3/c1-5-28(32-25(31)19-7-6-16-29(4)18-19)15-12-24-22-9-8-20-17-21(30)10-13-26(20,2)23(22)11-14-27(24,28)3/h1,6,16-18,22-24H,7-15H2,2-4H3. The van der Waals surface area contributed by atoms with E-state index in [0.717, 1.165) is 44.9 Å². The average Bonchev–Trinajstić information content (AvgIpc) is 3.06. The van der Waals surface area contributed by atoms with Crippen LogP contribution in [0.5, 0.6) is 0 Å². The molecule has 0 aromatic carbocycles. The molecule has 0 N–H and O–H groups in total. The molecule has 0 saturated heterocycles. The van der Waals surface area contributed by atoms with Crippen LogP contribution < -0.4 is 0 Å². The summed E-state index contributed by atoms with van der Waals surface area (Å²) in [5.41, 5.74) is 1.15. The zero-order valence-electron chi connectivity index (χ0n) is 19.7. The summed E-state index contributed by atoms with van der Waals surface area (Å²) in [5.74, 6) is 4.68. The lowest BCUT2D eigenvalue weighted by Crippen LogP contribution is -2.55. The first kappa shape index (κ1) is 21.6. The van der Waals surface area contributed by atoms with Gasteiger partial charge in [-0.15, -0.1) is 6.42 Å². The maximum atomic E-state index is 13.1. The number of fused-ring (bicyclic) bond motifs is 5. The number of ether oxygens (including phenoxy) is 1. The Morgan fingerprint density at radius 3 is 2.69 bits per heavy atom. The number of carbonyl (C=O) groups is 2. The molecule has 1 aliphatic heterocycles. The van der Waals surface area contributed by atoms with Crippen molar-refractivity contribution < 1.29 is 14.3 Å². The van der Waals surface area contributed by atoms with E-state index in [9.17, 15) is 9.59 Å². The third-order valence-electron chi connectivity index (χ3n) is 9.88. The Hall–Kier alpha value is -2.28. The highest BCUT2D eigenvalue weighted by molar-refractivity contribution is 5.91. The summed E-state index contributed by atoms with van der Waals surface area (Å²) >= 11 is 0. The van der Waals surface area contributed by atoms with Crippen molar-refractivity contribution in [3.63, 3.8) is 0 Å². The minimum absolute atomic E-state index is 0.139. The van der Waals surface area contributed by atoms with Crippen LogP contribution in [0.3, 0.4) is 0 Å². The second kappa shape index (κ2) is 7.37. The molecule has 0 bridgehead atoms. The van der Waals surface area contributed by atoms with Gasteiger partial charge in [0.2, 0.25) is 0 Å². The minimum atomic E-state index is -0.833. The number of allylic oxidation sites excluding steroid dienone is 2. The Balaban J connectivity index is 1.42. The molecule has 3 saturated carbocycles. The molecule has 3 fully saturated rings. The summed E-state index contributed by atoms with van der Waals surface area (Å²) in [6.07, 6.45) is 22.1. The van der Waals surface area contributed by atoms with Crippen molar-refractivity contribution in [2.24, 2.45) is 28.6 Å². The van der Waals surface area contributed by atoms with Gasteiger partial charge in [0.25, 0.3) is 0 Å². The quantitative estimate of drug-likeness (QED) is 0.445. The van der Waals surface area contributed by atoms with Crippen molar-refractivity contribution in [1.82, 2.24) is 4.90 Å². The lowest BCUT2D eigenvalue weighted by Gasteiger charge is -2.58. The molecule has 6 atom stereocenters. The topological polar surface area (TPSA) is 46.6 Å². The molecule has 170 valence electrons. The fraction of sp³-hybridized carbons (Fsp3) is 0.643. The third-order valence-corrected chi connectivity index (χ3v) is 9.88. The van der Waals surface area contributed by atoms with Gasteiger partial charge in [0.15, 0.2) is 11.4 Å². The van der Waals surface area contributed by atoms with E-state index < -0.39 is 5.60 Å². The molecule has 5 aliphatic rings. The molecule has 0 amide bonds. The first-order chi connectivity index (χ1) is 15.2. The molecular weight excluding hydrogens is 398 g/mol. The monoisotopic (exact) mass is 433 g/mol. The maximum Gasteiger partial charge on any atom is 0.337 e. The summed E-state index contributed by atoms with van der Waals surface area (Å²) in [5, 5.41) is 0. The van der Waals surface area contributed by atoms with Crippen LogP contribution in [0.2, 0.25) is 0 Å². The predicted molar refractivity (Wildman–Crippen MR) is 124 cm³/mol. The van der Waals surface area contributed by atoms with E-state index in [2.05, 4.69) is 19.8 Å². The van der Waals surface area contributed by atoms with Gasteiger partial charge >= 0.3 is 5.97 Å². The molecular formula is C28H35NO3. The molecule has 1 heterocycles. The minimum Gasteiger partial charge on any atom is -0.442 e. The van der Waals surface area contributed by atoms with Crippen LogP contribution in [0.4, 0.5) is 0 Å². The van der Waals surface area contributed by atoms with Crippen molar-refractivity contribution in [1.29, 1.82) is 0 Å². The van der Waals surface area contributed by atoms with Gasteiger partial charge in [-0.05, 0) is 80.4 Å². The molecule has 0 aromatic heterocycles. The molecule has 5 rings (SSSR count). The van der Waals surface area contributed by atoms with Crippen LogP contribution in [0.15, 0.2) is 35.7 Å². The molecule has 0 aromatic rings. The van der Waals surface area contributed by atoms with Gasteiger partial charge in [-0.3, -0.25) is 4.79 Å². The highest BCUT2D eigenvalue weighted by Crippen LogP contribution is 2.68. The van der Waals surface area contributed by atoms with Crippen LogP contribution in [0, 0.1) is 40.9 Å². The van der Waals surface area contributed by atoms with Crippen LogP contribution in [-0.2, 0) is 14.3 Å². The van der Waals surface area contributed by atoms with E-state index in [4.69, 9.17) is 11.2 Å². The lowest BCUT2D eigenvalue weighted by atomic mass is 9.46. The molecule has 0 spiro atoms. The normalized spacial score (nSPS) is 42.8. The van der Waals surface area contributed by atoms with Crippen LogP contribution in [0.25, 0.3) is 0 Å². The number of hydrogen-bond donors (Lipinski definition) is 0. The summed E-state index contributed by atoms with van der Waals surface area (Å²) in [6.45, 7) is 4.68. The van der Waals surface area contributed by atoms with E-state index in [0.29, 0.717) is 42.0 Å². The van der Waals surface area contributed by atoms with Gasteiger partial charge in [-0.2, -0.15) is 0 Å². The SMILES string of the molecule is C#CC1(OC(=O)C2=CN(C)C=CC2)CCC2C3CCC4=CC(=O)CCC4(C)C3CCC21C. The van der Waals surface area contributed by atoms with Gasteiger partial charge < -0.3 is 9.64 Å². The van der Waals surface area contributed by atoms with Crippen molar-refractivity contribution in [3.8, 4) is 12.3 Å². The van der Waals surface area contributed by atoms with E-state index >= 15 is 0 Å². The average molecular weight is 434 g/mol. The van der Waals surface area contributed by atoms with Gasteiger partial charge in [-0.25, -0.2) is 4.79 Å². The number of rotatable bonds is 2. The first-order valence-electron chi connectivity index (χ1n) is 12.3. The first-order valence-corrected chi connectivity index (χ1v) is 12.3. The van der Waals surface area contributed by atoms with Crippen LogP contribution in [0.1, 0.15) is 71.6 Å². The molecule has 4 nitrogen and oxygen atoms in total. The number of hydrogen-bond acceptors (Lipinski definition) is 4. The molecule has 32 heavy (non-hydrogen) atoms. The Bertz CT molecular complexity index is 983. The fourth-order valence-electron chi connectivity index (χ4n) is 8.04. The van der Waals surface area contributed by atoms with E-state index in [1.165, 1.54) is 5.57 Å². The van der Waals surface area contributed by atoms with Crippen molar-refractivity contribution in [2.45, 2.75) is 77.2 Å². The zero-order chi connectivity index (χ0) is 22.7. The molecule has 4 aliphatic carbocycles. The second-order valence-electron chi connectivity index (χ2n) is 11.2. The predicted octanol–water partition coefficient (Wildman–Crippen LogP) is 5.17. The molecule has 4 heteroatoms. The Morgan fingerprint density at radius 1 is 1.16 bits per heavy atom. The summed E-state index contributed by atoms with van der Waals surface area (Å²) in [7, 11) is 1.92. The summed E-state index contributed by atoms with van der Waals surface area (Å²) in [4.78, 5) is 27.1. The van der Waals surface area contributed by atoms with E-state index in [1.54, 1.807) is 0 Å². The van der Waals surface area contributed by atoms with Gasteiger partial charge in [0.05, 0.1) is 5.57 Å². The molecule has 0 radical (unpaired) electrons. The number of nitrogens with zero attached hydrogens (tertiary/aromatic N) is 1.